The van der Waals surface area contributed by atoms with E-state index in [0.717, 1.165) is 66.8 Å². The molecule has 1 aliphatic rings. The van der Waals surface area contributed by atoms with Crippen LogP contribution in [0.25, 0.3) is 10.7 Å². The summed E-state index contributed by atoms with van der Waals surface area (Å²) in [6.45, 7) is 3.01. The topological polar surface area (TPSA) is 77.3 Å². The van der Waals surface area contributed by atoms with E-state index in [4.69, 9.17) is 4.18 Å². The highest BCUT2D eigenvalue weighted by atomic mass is 32.2. The lowest BCUT2D eigenvalue weighted by Crippen LogP contribution is -2.27. The normalized spacial score (nSPS) is 14.9. The molecule has 0 spiro atoms. The van der Waals surface area contributed by atoms with Crippen molar-refractivity contribution in [3.63, 3.8) is 0 Å². The van der Waals surface area contributed by atoms with E-state index in [-0.39, 0.29) is 0 Å². The smallest absolute Gasteiger partial charge is 0.306 e. The van der Waals surface area contributed by atoms with Crippen molar-refractivity contribution in [1.29, 1.82) is 0 Å². The third-order valence-electron chi connectivity index (χ3n) is 5.25. The Morgan fingerprint density at radius 1 is 1.16 bits per heavy atom. The molecular formula is C21H26N4O3S3. The van der Waals surface area contributed by atoms with E-state index in [1.54, 1.807) is 29.2 Å². The Kier molecular flexibility index (Phi) is 7.00. The predicted molar refractivity (Wildman–Crippen MR) is 125 cm³/mol. The van der Waals surface area contributed by atoms with E-state index in [2.05, 4.69) is 31.1 Å². The van der Waals surface area contributed by atoms with Crippen LogP contribution in [0.15, 0.2) is 40.9 Å². The van der Waals surface area contributed by atoms with Crippen molar-refractivity contribution in [2.75, 3.05) is 31.6 Å². The van der Waals surface area contributed by atoms with Crippen molar-refractivity contribution >= 4 is 33.2 Å². The molecule has 0 radical (unpaired) electrons. The van der Waals surface area contributed by atoms with Crippen LogP contribution in [0, 0.1) is 0 Å². The molecule has 1 aliphatic heterocycles. The molecule has 0 bridgehead atoms. The molecule has 0 unspecified atom stereocenters. The third-order valence-corrected chi connectivity index (χ3v) is 7.71. The molecule has 0 atom stereocenters. The van der Waals surface area contributed by atoms with Crippen molar-refractivity contribution < 1.29 is 12.6 Å². The van der Waals surface area contributed by atoms with Crippen LogP contribution in [-0.4, -0.2) is 59.7 Å². The van der Waals surface area contributed by atoms with Crippen LogP contribution in [-0.2, 0) is 30.0 Å². The van der Waals surface area contributed by atoms with Gasteiger partial charge in [-0.25, -0.2) is 0 Å². The summed E-state index contributed by atoms with van der Waals surface area (Å²) in [5.41, 5.74) is 2.45. The molecule has 166 valence electrons. The van der Waals surface area contributed by atoms with Crippen LogP contribution in [0.2, 0.25) is 0 Å². The Labute approximate surface area is 191 Å². The molecule has 31 heavy (non-hydrogen) atoms. The zero-order chi connectivity index (χ0) is 21.8. The van der Waals surface area contributed by atoms with Crippen molar-refractivity contribution in [2.45, 2.75) is 24.4 Å². The standard InChI is InChI=1S/C21H26N4O3S3/c1-24-20(19-5-3-13-29-19)22-23-21(24)30-14-4-10-25-11-8-16-6-7-18(28-31(2,26)27)15-17(16)9-12-25/h3,5-7,13,15H,4,8-12,14H2,1-2H3. The average Bonchev–Trinajstić information content (AvgIpc) is 3.31. The van der Waals surface area contributed by atoms with Gasteiger partial charge in [-0.1, -0.05) is 23.9 Å². The molecule has 3 heterocycles. The first-order valence-electron chi connectivity index (χ1n) is 10.2. The molecule has 3 aromatic rings. The first-order chi connectivity index (χ1) is 14.9. The van der Waals surface area contributed by atoms with E-state index in [9.17, 15) is 8.42 Å². The van der Waals surface area contributed by atoms with Gasteiger partial charge in [0.05, 0.1) is 11.1 Å². The van der Waals surface area contributed by atoms with Gasteiger partial charge >= 0.3 is 10.1 Å². The predicted octanol–water partition coefficient (Wildman–Crippen LogP) is 3.47. The fourth-order valence-corrected chi connectivity index (χ4v) is 5.74. The number of hydrogen-bond donors (Lipinski definition) is 0. The zero-order valence-electron chi connectivity index (χ0n) is 17.7. The van der Waals surface area contributed by atoms with Crippen LogP contribution >= 0.6 is 23.1 Å². The van der Waals surface area contributed by atoms with Crippen LogP contribution in [0.4, 0.5) is 0 Å². The largest absolute Gasteiger partial charge is 0.383 e. The summed E-state index contributed by atoms with van der Waals surface area (Å²) in [6, 6.07) is 9.71. The van der Waals surface area contributed by atoms with Gasteiger partial charge in [-0.3, -0.25) is 0 Å². The molecule has 2 aromatic heterocycles. The van der Waals surface area contributed by atoms with Gasteiger partial charge in [-0.2, -0.15) is 8.42 Å². The van der Waals surface area contributed by atoms with E-state index in [0.29, 0.717) is 5.75 Å². The van der Waals surface area contributed by atoms with E-state index < -0.39 is 10.1 Å². The molecule has 7 nitrogen and oxygen atoms in total. The highest BCUT2D eigenvalue weighted by Gasteiger charge is 2.16. The highest BCUT2D eigenvalue weighted by Crippen LogP contribution is 2.27. The summed E-state index contributed by atoms with van der Waals surface area (Å²) in [4.78, 5) is 3.61. The Bertz CT molecular complexity index is 1130. The van der Waals surface area contributed by atoms with Gasteiger partial charge in [0, 0.05) is 25.9 Å². The summed E-state index contributed by atoms with van der Waals surface area (Å²) in [7, 11) is -1.48. The maximum atomic E-state index is 11.4. The lowest BCUT2D eigenvalue weighted by molar-refractivity contribution is 0.289. The Morgan fingerprint density at radius 3 is 2.71 bits per heavy atom. The number of aromatic nitrogens is 3. The van der Waals surface area contributed by atoms with Crippen LogP contribution in [0.3, 0.4) is 0 Å². The fraction of sp³-hybridized carbons (Fsp3) is 0.429. The molecule has 0 N–H and O–H groups in total. The first-order valence-corrected chi connectivity index (χ1v) is 13.9. The van der Waals surface area contributed by atoms with Gasteiger partial charge in [0.1, 0.15) is 5.75 Å². The van der Waals surface area contributed by atoms with E-state index in [1.807, 2.05) is 25.2 Å². The van der Waals surface area contributed by atoms with Crippen LogP contribution < -0.4 is 4.18 Å². The second-order valence-electron chi connectivity index (χ2n) is 7.60. The Hall–Kier alpha value is -1.88. The molecular weight excluding hydrogens is 452 g/mol. The Balaban J connectivity index is 1.26. The van der Waals surface area contributed by atoms with Crippen molar-refractivity contribution in [3.05, 3.63) is 46.8 Å². The average molecular weight is 479 g/mol. The molecule has 0 amide bonds. The van der Waals surface area contributed by atoms with Gasteiger partial charge in [-0.15, -0.1) is 21.5 Å². The molecule has 0 saturated carbocycles. The van der Waals surface area contributed by atoms with Crippen molar-refractivity contribution in [2.24, 2.45) is 7.05 Å². The molecule has 0 aliphatic carbocycles. The van der Waals surface area contributed by atoms with Crippen molar-refractivity contribution in [1.82, 2.24) is 19.7 Å². The summed E-state index contributed by atoms with van der Waals surface area (Å²) in [5, 5.41) is 11.7. The van der Waals surface area contributed by atoms with Gasteiger partial charge in [0.15, 0.2) is 11.0 Å². The van der Waals surface area contributed by atoms with Crippen LogP contribution in [0.5, 0.6) is 5.75 Å². The highest BCUT2D eigenvalue weighted by molar-refractivity contribution is 7.99. The monoisotopic (exact) mass is 478 g/mol. The lowest BCUT2D eigenvalue weighted by Gasteiger charge is -2.19. The number of nitrogens with zero attached hydrogens (tertiary/aromatic N) is 4. The minimum atomic E-state index is -3.50. The molecule has 10 heteroatoms. The van der Waals surface area contributed by atoms with E-state index in [1.165, 1.54) is 11.1 Å². The van der Waals surface area contributed by atoms with Gasteiger partial charge < -0.3 is 13.7 Å². The Morgan fingerprint density at radius 2 is 1.97 bits per heavy atom. The van der Waals surface area contributed by atoms with Gasteiger partial charge in [0.25, 0.3) is 0 Å². The summed E-state index contributed by atoms with van der Waals surface area (Å²) < 4.78 is 29.9. The second-order valence-corrected chi connectivity index (χ2v) is 11.2. The number of rotatable bonds is 8. The number of thiophene rings is 1. The maximum Gasteiger partial charge on any atom is 0.306 e. The fourth-order valence-electron chi connectivity index (χ4n) is 3.71. The van der Waals surface area contributed by atoms with Gasteiger partial charge in [-0.05, 0) is 60.5 Å². The second kappa shape index (κ2) is 9.72. The SMILES string of the molecule is Cn1c(SCCCN2CCc3ccc(OS(C)(=O)=O)cc3CC2)nnc1-c1cccs1. The van der Waals surface area contributed by atoms with E-state index >= 15 is 0 Å². The van der Waals surface area contributed by atoms with Crippen LogP contribution in [0.1, 0.15) is 17.5 Å². The van der Waals surface area contributed by atoms with Gasteiger partial charge in [0.2, 0.25) is 0 Å². The molecule has 1 aromatic carbocycles. The summed E-state index contributed by atoms with van der Waals surface area (Å²) >= 11 is 3.42. The number of benzene rings is 1. The minimum Gasteiger partial charge on any atom is -0.383 e. The molecule has 0 saturated heterocycles. The quantitative estimate of drug-likeness (QED) is 0.279. The maximum absolute atomic E-state index is 11.4. The summed E-state index contributed by atoms with van der Waals surface area (Å²) in [6.07, 6.45) is 4.01. The lowest BCUT2D eigenvalue weighted by atomic mass is 10.0. The summed E-state index contributed by atoms with van der Waals surface area (Å²) in [5.74, 6) is 2.31. The first kappa shape index (κ1) is 22.3. The number of fused-ring (bicyclic) bond motifs is 1. The van der Waals surface area contributed by atoms with Crippen molar-refractivity contribution in [3.8, 4) is 16.5 Å². The minimum absolute atomic E-state index is 0.400. The molecule has 4 rings (SSSR count). The molecule has 0 fully saturated rings. The number of hydrogen-bond acceptors (Lipinski definition) is 8. The zero-order valence-corrected chi connectivity index (χ0v) is 20.1. The third kappa shape index (κ3) is 5.88. The number of thioether (sulfide) groups is 1.